The summed E-state index contributed by atoms with van der Waals surface area (Å²) in [6.45, 7) is 7.12. The largest absolute Gasteiger partial charge is 0.465 e. The van der Waals surface area contributed by atoms with Crippen LogP contribution >= 0.6 is 0 Å². The van der Waals surface area contributed by atoms with E-state index in [9.17, 15) is 14.4 Å². The fourth-order valence-corrected chi connectivity index (χ4v) is 4.41. The Hall–Kier alpha value is -4.39. The molecule has 7 heteroatoms. The quantitative estimate of drug-likeness (QED) is 0.480. The molecule has 0 fully saturated rings. The third-order valence-corrected chi connectivity index (χ3v) is 5.89. The molecule has 0 bridgehead atoms. The molecule has 0 spiro atoms. The predicted octanol–water partition coefficient (Wildman–Crippen LogP) is 5.52. The van der Waals surface area contributed by atoms with Crippen LogP contribution in [0.1, 0.15) is 42.2 Å². The van der Waals surface area contributed by atoms with Gasteiger partial charge in [-0.25, -0.2) is 4.79 Å². The van der Waals surface area contributed by atoms with Crippen LogP contribution in [-0.4, -0.2) is 24.9 Å². The van der Waals surface area contributed by atoms with E-state index in [1.54, 1.807) is 17.0 Å². The molecule has 178 valence electrons. The highest BCUT2D eigenvalue weighted by Crippen LogP contribution is 2.42. The van der Waals surface area contributed by atoms with Crippen molar-refractivity contribution < 1.29 is 19.1 Å². The van der Waals surface area contributed by atoms with Crippen molar-refractivity contribution in [2.75, 3.05) is 22.6 Å². The summed E-state index contributed by atoms with van der Waals surface area (Å²) in [7, 11) is 1.35. The van der Waals surface area contributed by atoms with Crippen LogP contribution in [0.15, 0.2) is 79.0 Å². The number of carbonyl (C=O) groups is 3. The smallest absolute Gasteiger partial charge is 0.339 e. The monoisotopic (exact) mass is 469 g/mol. The van der Waals surface area contributed by atoms with Crippen LogP contribution in [-0.2, 0) is 14.3 Å². The lowest BCUT2D eigenvalue weighted by Gasteiger charge is -2.36. The molecule has 3 aromatic rings. The summed E-state index contributed by atoms with van der Waals surface area (Å²) in [6, 6.07) is 20.4. The number of nitrogens with zero attached hydrogens (tertiary/aromatic N) is 1. The van der Waals surface area contributed by atoms with Crippen molar-refractivity contribution in [2.45, 2.75) is 26.3 Å². The third-order valence-electron chi connectivity index (χ3n) is 5.89. The van der Waals surface area contributed by atoms with Crippen LogP contribution in [0.25, 0.3) is 11.1 Å². The zero-order chi connectivity index (χ0) is 25.1. The van der Waals surface area contributed by atoms with Crippen molar-refractivity contribution >= 4 is 34.8 Å². The van der Waals surface area contributed by atoms with Crippen molar-refractivity contribution in [3.05, 3.63) is 90.1 Å². The molecular weight excluding hydrogens is 442 g/mol. The number of anilines is 3. The second-order valence-electron chi connectivity index (χ2n) is 8.39. The van der Waals surface area contributed by atoms with Gasteiger partial charge in [-0.05, 0) is 53.1 Å². The van der Waals surface area contributed by atoms with Gasteiger partial charge in [0.25, 0.3) is 0 Å². The molecule has 1 atom stereocenters. The first-order valence-electron chi connectivity index (χ1n) is 11.2. The van der Waals surface area contributed by atoms with E-state index in [-0.39, 0.29) is 17.9 Å². The van der Waals surface area contributed by atoms with Gasteiger partial charge in [0.15, 0.2) is 0 Å². The van der Waals surface area contributed by atoms with Crippen LogP contribution in [0, 0.1) is 0 Å². The highest BCUT2D eigenvalue weighted by atomic mass is 16.5. The van der Waals surface area contributed by atoms with E-state index in [0.29, 0.717) is 29.1 Å². The molecule has 3 aromatic carbocycles. The Kier molecular flexibility index (Phi) is 6.68. The number of fused-ring (bicyclic) bond motifs is 1. The molecule has 0 aromatic heterocycles. The number of ether oxygens (including phenoxy) is 1. The summed E-state index contributed by atoms with van der Waals surface area (Å²) in [5, 5.41) is 6.28. The second kappa shape index (κ2) is 9.85. The number of rotatable bonds is 5. The number of hydrogen-bond donors (Lipinski definition) is 2. The molecule has 7 nitrogen and oxygen atoms in total. The fraction of sp³-hybridized carbons (Fsp3) is 0.179. The van der Waals surface area contributed by atoms with E-state index in [4.69, 9.17) is 4.74 Å². The molecule has 2 amide bonds. The van der Waals surface area contributed by atoms with Crippen molar-refractivity contribution in [1.82, 2.24) is 0 Å². The first kappa shape index (κ1) is 23.8. The Bertz CT molecular complexity index is 1330. The minimum atomic E-state index is -0.433. The van der Waals surface area contributed by atoms with Gasteiger partial charge in [0.2, 0.25) is 11.8 Å². The molecule has 0 aliphatic carbocycles. The summed E-state index contributed by atoms with van der Waals surface area (Å²) < 4.78 is 4.94. The first-order chi connectivity index (χ1) is 16.8. The van der Waals surface area contributed by atoms with E-state index < -0.39 is 5.97 Å². The molecule has 1 heterocycles. The van der Waals surface area contributed by atoms with Gasteiger partial charge in [0, 0.05) is 37.3 Å². The maximum Gasteiger partial charge on any atom is 0.339 e. The van der Waals surface area contributed by atoms with E-state index in [2.05, 4.69) is 17.2 Å². The van der Waals surface area contributed by atoms with Gasteiger partial charge in [-0.2, -0.15) is 0 Å². The molecule has 1 aliphatic heterocycles. The normalized spacial score (nSPS) is 14.7. The minimum absolute atomic E-state index is 0.120. The number of methoxy groups -OCH3 is 1. The van der Waals surface area contributed by atoms with E-state index in [0.717, 1.165) is 22.4 Å². The molecule has 0 unspecified atom stereocenters. The lowest BCUT2D eigenvalue weighted by molar-refractivity contribution is -0.116. The highest BCUT2D eigenvalue weighted by molar-refractivity contribution is 5.98. The van der Waals surface area contributed by atoms with E-state index in [1.165, 1.54) is 21.0 Å². The second-order valence-corrected chi connectivity index (χ2v) is 8.39. The van der Waals surface area contributed by atoms with E-state index >= 15 is 0 Å². The highest BCUT2D eigenvalue weighted by Gasteiger charge is 2.31. The summed E-state index contributed by atoms with van der Waals surface area (Å²) in [6.07, 6.45) is 0.470. The summed E-state index contributed by atoms with van der Waals surface area (Å²) >= 11 is 0. The van der Waals surface area contributed by atoms with Crippen molar-refractivity contribution in [2.24, 2.45) is 0 Å². The molecule has 1 aliphatic rings. The SMILES string of the molecule is C=C1C[C@@H](Nc2ccccc2C(=O)OC)c2cc(-c3cccc(NC(C)=O)c3)ccc2N1C(C)=O. The van der Waals surface area contributed by atoms with Crippen LogP contribution in [0.3, 0.4) is 0 Å². The van der Waals surface area contributed by atoms with Gasteiger partial charge >= 0.3 is 5.97 Å². The van der Waals surface area contributed by atoms with Crippen LogP contribution in [0.5, 0.6) is 0 Å². The van der Waals surface area contributed by atoms with Gasteiger partial charge in [-0.15, -0.1) is 0 Å². The van der Waals surface area contributed by atoms with Gasteiger partial charge in [-0.3, -0.25) is 14.5 Å². The Labute approximate surface area is 204 Å². The molecule has 2 N–H and O–H groups in total. The summed E-state index contributed by atoms with van der Waals surface area (Å²) in [5.74, 6) is -0.696. The van der Waals surface area contributed by atoms with Gasteiger partial charge < -0.3 is 15.4 Å². The van der Waals surface area contributed by atoms with Crippen LogP contribution in [0.2, 0.25) is 0 Å². The summed E-state index contributed by atoms with van der Waals surface area (Å²) in [4.78, 5) is 37.9. The standard InChI is InChI=1S/C28H27N3O4/c1-17-14-26(30-25-11-6-5-10-23(25)28(34)35-4)24-16-21(12-13-27(24)31(17)19(3)33)20-8-7-9-22(15-20)29-18(2)32/h5-13,15-16,26,30H,1,14H2,2-4H3,(H,29,32)/t26-/m1/s1. The number of esters is 1. The Morgan fingerprint density at radius 1 is 0.971 bits per heavy atom. The zero-order valence-electron chi connectivity index (χ0n) is 19.9. The third kappa shape index (κ3) is 4.94. The Morgan fingerprint density at radius 3 is 2.43 bits per heavy atom. The molecule has 0 saturated carbocycles. The average molecular weight is 470 g/mol. The molecule has 35 heavy (non-hydrogen) atoms. The topological polar surface area (TPSA) is 87.7 Å². The minimum Gasteiger partial charge on any atom is -0.465 e. The molecule has 0 saturated heterocycles. The molecule has 4 rings (SSSR count). The zero-order valence-corrected chi connectivity index (χ0v) is 19.9. The lowest BCUT2D eigenvalue weighted by Crippen LogP contribution is -2.34. The lowest BCUT2D eigenvalue weighted by atomic mass is 9.90. The maximum absolute atomic E-state index is 12.5. The number of para-hydroxylation sites is 1. The summed E-state index contributed by atoms with van der Waals surface area (Å²) in [5.41, 5.74) is 5.92. The number of carbonyl (C=O) groups excluding carboxylic acids is 3. The first-order valence-corrected chi connectivity index (χ1v) is 11.2. The number of amides is 2. The Morgan fingerprint density at radius 2 is 1.71 bits per heavy atom. The average Bonchev–Trinajstić information content (AvgIpc) is 2.83. The van der Waals surface area contributed by atoms with Crippen molar-refractivity contribution in [3.63, 3.8) is 0 Å². The maximum atomic E-state index is 12.5. The van der Waals surface area contributed by atoms with E-state index in [1.807, 2.05) is 54.6 Å². The van der Waals surface area contributed by atoms with Crippen molar-refractivity contribution in [1.29, 1.82) is 0 Å². The fourth-order valence-electron chi connectivity index (χ4n) is 4.41. The number of benzene rings is 3. The van der Waals surface area contributed by atoms with Crippen LogP contribution in [0.4, 0.5) is 17.1 Å². The van der Waals surface area contributed by atoms with Gasteiger partial charge in [0.05, 0.1) is 24.4 Å². The molecule has 0 radical (unpaired) electrons. The van der Waals surface area contributed by atoms with Gasteiger partial charge in [0.1, 0.15) is 0 Å². The number of nitrogens with one attached hydrogen (secondary N) is 2. The van der Waals surface area contributed by atoms with Gasteiger partial charge in [-0.1, -0.05) is 36.9 Å². The Balaban J connectivity index is 1.79. The molecular formula is C28H27N3O4. The van der Waals surface area contributed by atoms with Crippen molar-refractivity contribution in [3.8, 4) is 11.1 Å². The predicted molar refractivity (Wildman–Crippen MR) is 137 cm³/mol. The van der Waals surface area contributed by atoms with Crippen LogP contribution < -0.4 is 15.5 Å². The number of hydrogen-bond acceptors (Lipinski definition) is 5.